The second kappa shape index (κ2) is 6.28. The van der Waals surface area contributed by atoms with E-state index in [1.807, 2.05) is 0 Å². The Morgan fingerprint density at radius 3 is 1.97 bits per heavy atom. The molecule has 5 rings (SSSR count). The smallest absolute Gasteiger partial charge is 0.0143 e. The van der Waals surface area contributed by atoms with Crippen LogP contribution in [-0.2, 0) is 0 Å². The van der Waals surface area contributed by atoms with Crippen molar-refractivity contribution >= 4 is 0 Å². The van der Waals surface area contributed by atoms with Crippen molar-refractivity contribution in [2.24, 2.45) is 44.8 Å². The van der Waals surface area contributed by atoms with Crippen LogP contribution in [0.4, 0.5) is 0 Å². The maximum Gasteiger partial charge on any atom is 0.0143 e. The minimum absolute atomic E-state index is 0.468. The highest BCUT2D eigenvalue weighted by Crippen LogP contribution is 2.89. The molecular formula is C28H50N2. The lowest BCUT2D eigenvalue weighted by Crippen LogP contribution is -2.59. The monoisotopic (exact) mass is 414 g/mol. The zero-order chi connectivity index (χ0) is 21.9. The van der Waals surface area contributed by atoms with Gasteiger partial charge in [0.2, 0.25) is 0 Å². The van der Waals surface area contributed by atoms with Gasteiger partial charge in [-0.25, -0.2) is 0 Å². The van der Waals surface area contributed by atoms with E-state index in [2.05, 4.69) is 72.6 Å². The van der Waals surface area contributed by atoms with E-state index < -0.39 is 0 Å². The van der Waals surface area contributed by atoms with Crippen molar-refractivity contribution in [3.63, 3.8) is 0 Å². The lowest BCUT2D eigenvalue weighted by molar-refractivity contribution is -0.152. The maximum atomic E-state index is 2.77. The summed E-state index contributed by atoms with van der Waals surface area (Å²) < 4.78 is 0. The van der Waals surface area contributed by atoms with Gasteiger partial charge in [0.05, 0.1) is 0 Å². The number of hydrogen-bond acceptors (Lipinski definition) is 2. The van der Waals surface area contributed by atoms with Crippen molar-refractivity contribution in [1.82, 2.24) is 9.80 Å². The molecule has 0 aromatic heterocycles. The van der Waals surface area contributed by atoms with Crippen LogP contribution in [0.1, 0.15) is 92.4 Å². The van der Waals surface area contributed by atoms with Crippen LogP contribution >= 0.6 is 0 Å². The Balaban J connectivity index is 1.48. The molecule has 9 atom stereocenters. The Bertz CT molecular complexity index is 711. The second-order valence-corrected chi connectivity index (χ2v) is 14.2. The van der Waals surface area contributed by atoms with Crippen molar-refractivity contribution in [3.8, 4) is 0 Å². The van der Waals surface area contributed by atoms with Crippen LogP contribution in [0.5, 0.6) is 0 Å². The molecule has 0 saturated heterocycles. The van der Waals surface area contributed by atoms with E-state index in [0.717, 1.165) is 23.8 Å². The molecule has 5 fully saturated rings. The number of nitrogens with zero attached hydrogens (tertiary/aromatic N) is 2. The van der Waals surface area contributed by atoms with E-state index >= 15 is 0 Å². The van der Waals surface area contributed by atoms with Gasteiger partial charge in [-0.3, -0.25) is 0 Å². The molecular weight excluding hydrogens is 364 g/mol. The van der Waals surface area contributed by atoms with Crippen LogP contribution in [0, 0.1) is 44.8 Å². The minimum Gasteiger partial charge on any atom is -0.306 e. The molecule has 2 nitrogen and oxygen atoms in total. The van der Waals surface area contributed by atoms with Gasteiger partial charge in [0.15, 0.2) is 0 Å². The molecule has 2 heteroatoms. The van der Waals surface area contributed by atoms with E-state index in [-0.39, 0.29) is 0 Å². The highest BCUT2D eigenvalue weighted by Gasteiger charge is 2.82. The van der Waals surface area contributed by atoms with Crippen LogP contribution in [0.2, 0.25) is 0 Å². The molecule has 0 aromatic rings. The highest BCUT2D eigenvalue weighted by molar-refractivity contribution is 5.31. The Morgan fingerprint density at radius 1 is 0.700 bits per heavy atom. The molecule has 5 aliphatic rings. The third-order valence-electron chi connectivity index (χ3n) is 13.2. The van der Waals surface area contributed by atoms with Crippen molar-refractivity contribution in [2.45, 2.75) is 104 Å². The minimum atomic E-state index is 0.468. The molecule has 0 aliphatic heterocycles. The fourth-order valence-electron chi connectivity index (χ4n) is 11.4. The Morgan fingerprint density at radius 2 is 1.33 bits per heavy atom. The van der Waals surface area contributed by atoms with Gasteiger partial charge >= 0.3 is 0 Å². The van der Waals surface area contributed by atoms with Gasteiger partial charge in [0.25, 0.3) is 0 Å². The van der Waals surface area contributed by atoms with E-state index in [1.165, 1.54) is 44.9 Å². The van der Waals surface area contributed by atoms with Crippen molar-refractivity contribution in [1.29, 1.82) is 0 Å². The van der Waals surface area contributed by atoms with E-state index in [1.54, 1.807) is 12.8 Å². The van der Waals surface area contributed by atoms with Crippen LogP contribution in [-0.4, -0.2) is 50.1 Å². The van der Waals surface area contributed by atoms with Gasteiger partial charge in [-0.05, 0) is 138 Å². The Kier molecular flexibility index (Phi) is 4.55. The molecule has 0 amide bonds. The molecule has 0 heterocycles. The third kappa shape index (κ3) is 2.29. The summed E-state index contributed by atoms with van der Waals surface area (Å²) in [6, 6.07) is 1.48. The molecule has 0 bridgehead atoms. The summed E-state index contributed by atoms with van der Waals surface area (Å²) in [7, 11) is 9.27. The van der Waals surface area contributed by atoms with Crippen molar-refractivity contribution < 1.29 is 0 Å². The molecule has 0 aromatic carbocycles. The molecule has 30 heavy (non-hydrogen) atoms. The first-order chi connectivity index (χ1) is 13.9. The summed E-state index contributed by atoms with van der Waals surface area (Å²) >= 11 is 0. The molecule has 2 spiro atoms. The predicted molar refractivity (Wildman–Crippen MR) is 128 cm³/mol. The number of hydrogen-bond donors (Lipinski definition) is 0. The third-order valence-corrected chi connectivity index (χ3v) is 13.2. The van der Waals surface area contributed by atoms with Crippen molar-refractivity contribution in [3.05, 3.63) is 0 Å². The van der Waals surface area contributed by atoms with Crippen LogP contribution in [0.25, 0.3) is 0 Å². The topological polar surface area (TPSA) is 6.48 Å². The number of rotatable bonds is 3. The second-order valence-electron chi connectivity index (χ2n) is 14.2. The summed E-state index contributed by atoms with van der Waals surface area (Å²) in [5.74, 6) is 2.82. The summed E-state index contributed by atoms with van der Waals surface area (Å²) in [5, 5.41) is 0. The highest BCUT2D eigenvalue weighted by atomic mass is 15.1. The quantitative estimate of drug-likeness (QED) is 0.534. The van der Waals surface area contributed by atoms with Crippen LogP contribution < -0.4 is 0 Å². The summed E-state index contributed by atoms with van der Waals surface area (Å²) in [6.45, 7) is 13.3. The first kappa shape index (κ1) is 21.7. The predicted octanol–water partition coefficient (Wildman–Crippen LogP) is 6.31. The number of fused-ring (bicyclic) bond motifs is 2. The van der Waals surface area contributed by atoms with Gasteiger partial charge in [-0.15, -0.1) is 0 Å². The lowest BCUT2D eigenvalue weighted by Gasteiger charge is -2.64. The average Bonchev–Trinajstić information content (AvgIpc) is 3.23. The summed E-state index contributed by atoms with van der Waals surface area (Å²) in [6.07, 6.45) is 13.5. The molecule has 0 N–H and O–H groups in total. The standard InChI is InChI=1S/C28H50N2/c1-19(29(6)7)20-12-14-26(5)22-11-10-21-24(2,3)23(30(8)9)13-15-27(21)18-28(22,27)17-16-25(20,26)4/h19-23H,10-18H2,1-9H3/t19-,20+,21-,22-,23-,25+,26?,27+,28?/m0/s1. The fraction of sp³-hybridized carbons (Fsp3) is 1.00. The summed E-state index contributed by atoms with van der Waals surface area (Å²) in [5.41, 5.74) is 2.97. The first-order valence-electron chi connectivity index (χ1n) is 13.2. The van der Waals surface area contributed by atoms with E-state index in [9.17, 15) is 0 Å². The van der Waals surface area contributed by atoms with Crippen molar-refractivity contribution in [2.75, 3.05) is 28.2 Å². The largest absolute Gasteiger partial charge is 0.306 e. The van der Waals surface area contributed by atoms with Gasteiger partial charge in [-0.1, -0.05) is 27.7 Å². The van der Waals surface area contributed by atoms with Crippen LogP contribution in [0.15, 0.2) is 0 Å². The Labute approximate surface area is 187 Å². The first-order valence-corrected chi connectivity index (χ1v) is 13.2. The molecule has 5 aliphatic carbocycles. The molecule has 5 saturated carbocycles. The van der Waals surface area contributed by atoms with Gasteiger partial charge in [0, 0.05) is 12.1 Å². The lowest BCUT2D eigenvalue weighted by atomic mass is 9.41. The molecule has 0 radical (unpaired) electrons. The molecule has 172 valence electrons. The van der Waals surface area contributed by atoms with Gasteiger partial charge in [-0.2, -0.15) is 0 Å². The van der Waals surface area contributed by atoms with Gasteiger partial charge in [0.1, 0.15) is 0 Å². The fourth-order valence-corrected chi connectivity index (χ4v) is 11.4. The van der Waals surface area contributed by atoms with Gasteiger partial charge < -0.3 is 9.80 Å². The normalized spacial score (nSPS) is 54.9. The zero-order valence-corrected chi connectivity index (χ0v) is 21.6. The summed E-state index contributed by atoms with van der Waals surface area (Å²) in [4.78, 5) is 5.06. The average molecular weight is 415 g/mol. The van der Waals surface area contributed by atoms with E-state index in [4.69, 9.17) is 0 Å². The molecule has 2 unspecified atom stereocenters. The zero-order valence-electron chi connectivity index (χ0n) is 21.6. The van der Waals surface area contributed by atoms with Crippen LogP contribution in [0.3, 0.4) is 0 Å². The maximum absolute atomic E-state index is 2.77. The Hall–Kier alpha value is -0.0800. The SMILES string of the molecule is C[C@@H]([C@H]1CCC2(C)[C@@H]3CC[C@H]4C(C)(C)[C@@H](N(C)C)CC[C@@]45CC35CC[C@]12C)N(C)C. The van der Waals surface area contributed by atoms with E-state index in [0.29, 0.717) is 33.1 Å².